The molecular formula is C19H22BrN3O3S. The van der Waals surface area contributed by atoms with E-state index in [4.69, 9.17) is 4.74 Å². The molecule has 1 fully saturated rings. The van der Waals surface area contributed by atoms with E-state index in [1.54, 1.807) is 35.6 Å². The maximum atomic E-state index is 12.3. The van der Waals surface area contributed by atoms with Gasteiger partial charge in [-0.2, -0.15) is 0 Å². The van der Waals surface area contributed by atoms with Crippen molar-refractivity contribution in [2.24, 2.45) is 0 Å². The number of esters is 1. The van der Waals surface area contributed by atoms with Gasteiger partial charge in [-0.3, -0.25) is 14.6 Å². The summed E-state index contributed by atoms with van der Waals surface area (Å²) in [5.74, 6) is -0.493. The number of nitrogens with zero attached hydrogens (tertiary/aromatic N) is 2. The van der Waals surface area contributed by atoms with E-state index in [0.717, 1.165) is 36.5 Å². The van der Waals surface area contributed by atoms with Crippen LogP contribution in [0, 0.1) is 0 Å². The highest BCUT2D eigenvalue weighted by Gasteiger charge is 2.19. The van der Waals surface area contributed by atoms with Gasteiger partial charge in [0.1, 0.15) is 0 Å². The summed E-state index contributed by atoms with van der Waals surface area (Å²) in [6.45, 7) is 4.92. The third kappa shape index (κ3) is 5.87. The number of carbonyl (C=O) groups is 2. The van der Waals surface area contributed by atoms with Gasteiger partial charge in [0, 0.05) is 43.3 Å². The Hall–Kier alpha value is -1.74. The topological polar surface area (TPSA) is 61.9 Å². The van der Waals surface area contributed by atoms with Gasteiger partial charge < -0.3 is 10.1 Å². The standard InChI is InChI=1S/C19H22BrN3O3S/c1-26-19(25)14-3-2-4-15(11-14)21-18(24)13-23-9-7-22(8-10-23)12-16-5-6-17(20)27-16/h2-6,11H,7-10,12-13H2,1H3,(H,21,24). The molecule has 3 rings (SSSR count). The highest BCUT2D eigenvalue weighted by atomic mass is 79.9. The quantitative estimate of drug-likeness (QED) is 0.683. The Bertz CT molecular complexity index is 803. The average Bonchev–Trinajstić information content (AvgIpc) is 3.07. The molecule has 0 saturated carbocycles. The van der Waals surface area contributed by atoms with E-state index in [0.29, 0.717) is 17.8 Å². The zero-order chi connectivity index (χ0) is 19.2. The van der Waals surface area contributed by atoms with Crippen LogP contribution in [0.5, 0.6) is 0 Å². The molecule has 0 unspecified atom stereocenters. The second kappa shape index (κ2) is 9.45. The largest absolute Gasteiger partial charge is 0.465 e. The molecule has 0 bridgehead atoms. The van der Waals surface area contributed by atoms with Crippen LogP contribution in [0.2, 0.25) is 0 Å². The smallest absolute Gasteiger partial charge is 0.337 e. The highest BCUT2D eigenvalue weighted by molar-refractivity contribution is 9.11. The fourth-order valence-electron chi connectivity index (χ4n) is 3.01. The first kappa shape index (κ1) is 20.0. The van der Waals surface area contributed by atoms with Crippen LogP contribution in [0.15, 0.2) is 40.2 Å². The molecule has 1 aliphatic rings. The van der Waals surface area contributed by atoms with Gasteiger partial charge >= 0.3 is 5.97 Å². The van der Waals surface area contributed by atoms with E-state index in [1.165, 1.54) is 12.0 Å². The van der Waals surface area contributed by atoms with Gasteiger partial charge in [0.15, 0.2) is 0 Å². The van der Waals surface area contributed by atoms with Crippen LogP contribution in [0.25, 0.3) is 0 Å². The number of ether oxygens (including phenoxy) is 1. The molecular weight excluding hydrogens is 430 g/mol. The molecule has 0 aliphatic carbocycles. The Kier molecular flexibility index (Phi) is 7.01. The lowest BCUT2D eigenvalue weighted by molar-refractivity contribution is -0.117. The monoisotopic (exact) mass is 451 g/mol. The first-order valence-electron chi connectivity index (χ1n) is 8.70. The Morgan fingerprint density at radius 3 is 2.56 bits per heavy atom. The molecule has 1 aliphatic heterocycles. The molecule has 2 aromatic rings. The van der Waals surface area contributed by atoms with Crippen molar-refractivity contribution in [3.05, 3.63) is 50.6 Å². The summed E-state index contributed by atoms with van der Waals surface area (Å²) < 4.78 is 5.86. The Morgan fingerprint density at radius 2 is 1.89 bits per heavy atom. The molecule has 1 N–H and O–H groups in total. The first-order valence-corrected chi connectivity index (χ1v) is 10.3. The van der Waals surface area contributed by atoms with Crippen molar-refractivity contribution < 1.29 is 14.3 Å². The number of rotatable bonds is 6. The number of carbonyl (C=O) groups excluding carboxylic acids is 2. The Morgan fingerprint density at radius 1 is 1.15 bits per heavy atom. The maximum Gasteiger partial charge on any atom is 0.337 e. The lowest BCUT2D eigenvalue weighted by Gasteiger charge is -2.34. The fourth-order valence-corrected chi connectivity index (χ4v) is 4.53. The maximum absolute atomic E-state index is 12.3. The molecule has 27 heavy (non-hydrogen) atoms. The molecule has 2 heterocycles. The van der Waals surface area contributed by atoms with Crippen molar-refractivity contribution in [1.82, 2.24) is 9.80 Å². The van der Waals surface area contributed by atoms with Gasteiger partial charge in [-0.25, -0.2) is 4.79 Å². The predicted octanol–water partition coefficient (Wildman–Crippen LogP) is 3.05. The van der Waals surface area contributed by atoms with Crippen molar-refractivity contribution in [3.8, 4) is 0 Å². The van der Waals surface area contributed by atoms with Gasteiger partial charge in [0.2, 0.25) is 5.91 Å². The Balaban J connectivity index is 1.45. The number of nitrogens with one attached hydrogen (secondary N) is 1. The summed E-state index contributed by atoms with van der Waals surface area (Å²) >= 11 is 5.26. The number of thiophene rings is 1. The molecule has 1 amide bonds. The summed E-state index contributed by atoms with van der Waals surface area (Å²) in [6.07, 6.45) is 0. The summed E-state index contributed by atoms with van der Waals surface area (Å²) in [7, 11) is 1.34. The van der Waals surface area contributed by atoms with Crippen molar-refractivity contribution >= 4 is 44.8 Å². The van der Waals surface area contributed by atoms with E-state index in [-0.39, 0.29) is 5.91 Å². The number of anilines is 1. The normalized spacial score (nSPS) is 15.5. The van der Waals surface area contributed by atoms with Crippen LogP contribution in [0.3, 0.4) is 0 Å². The van der Waals surface area contributed by atoms with E-state index >= 15 is 0 Å². The molecule has 0 spiro atoms. The van der Waals surface area contributed by atoms with Gasteiger partial charge in [0.25, 0.3) is 0 Å². The van der Waals surface area contributed by atoms with E-state index in [2.05, 4.69) is 43.2 Å². The summed E-state index contributed by atoms with van der Waals surface area (Å²) in [6, 6.07) is 11.0. The lowest BCUT2D eigenvalue weighted by Crippen LogP contribution is -2.48. The molecule has 1 saturated heterocycles. The van der Waals surface area contributed by atoms with Crippen molar-refractivity contribution in [3.63, 3.8) is 0 Å². The van der Waals surface area contributed by atoms with E-state index in [9.17, 15) is 9.59 Å². The zero-order valence-electron chi connectivity index (χ0n) is 15.1. The SMILES string of the molecule is COC(=O)c1cccc(NC(=O)CN2CCN(Cc3ccc(Br)s3)CC2)c1. The lowest BCUT2D eigenvalue weighted by atomic mass is 10.2. The highest BCUT2D eigenvalue weighted by Crippen LogP contribution is 2.23. The van der Waals surface area contributed by atoms with E-state index < -0.39 is 5.97 Å². The fraction of sp³-hybridized carbons (Fsp3) is 0.368. The second-order valence-corrected chi connectivity index (χ2v) is 8.93. The minimum absolute atomic E-state index is 0.0762. The average molecular weight is 452 g/mol. The van der Waals surface area contributed by atoms with Gasteiger partial charge in [-0.05, 0) is 46.3 Å². The molecule has 0 radical (unpaired) electrons. The number of halogens is 1. The van der Waals surface area contributed by atoms with Crippen LogP contribution in [-0.2, 0) is 16.1 Å². The van der Waals surface area contributed by atoms with Crippen LogP contribution in [0.1, 0.15) is 15.2 Å². The van der Waals surface area contributed by atoms with Gasteiger partial charge in [0.05, 0.1) is 23.0 Å². The first-order chi connectivity index (χ1) is 13.0. The molecule has 0 atom stereocenters. The number of amides is 1. The van der Waals surface area contributed by atoms with E-state index in [1.807, 2.05) is 0 Å². The molecule has 6 nitrogen and oxygen atoms in total. The number of methoxy groups -OCH3 is 1. The minimum atomic E-state index is -0.417. The predicted molar refractivity (Wildman–Crippen MR) is 110 cm³/mol. The van der Waals surface area contributed by atoms with Crippen molar-refractivity contribution in [2.75, 3.05) is 45.2 Å². The summed E-state index contributed by atoms with van der Waals surface area (Å²) in [4.78, 5) is 29.8. The van der Waals surface area contributed by atoms with Crippen LogP contribution >= 0.6 is 27.3 Å². The second-order valence-electron chi connectivity index (χ2n) is 6.38. The minimum Gasteiger partial charge on any atom is -0.465 e. The molecule has 144 valence electrons. The number of benzene rings is 1. The third-order valence-corrected chi connectivity index (χ3v) is 6.02. The number of piperazine rings is 1. The molecule has 1 aromatic heterocycles. The number of hydrogen-bond donors (Lipinski definition) is 1. The van der Waals surface area contributed by atoms with Crippen LogP contribution in [0.4, 0.5) is 5.69 Å². The molecule has 8 heteroatoms. The summed E-state index contributed by atoms with van der Waals surface area (Å²) in [5, 5.41) is 2.86. The molecule has 1 aromatic carbocycles. The van der Waals surface area contributed by atoms with Gasteiger partial charge in [-0.15, -0.1) is 11.3 Å². The zero-order valence-corrected chi connectivity index (χ0v) is 17.5. The van der Waals surface area contributed by atoms with Crippen molar-refractivity contribution in [1.29, 1.82) is 0 Å². The van der Waals surface area contributed by atoms with Crippen molar-refractivity contribution in [2.45, 2.75) is 6.54 Å². The van der Waals surface area contributed by atoms with Crippen LogP contribution < -0.4 is 5.32 Å². The third-order valence-electron chi connectivity index (χ3n) is 4.41. The number of hydrogen-bond acceptors (Lipinski definition) is 6. The van der Waals surface area contributed by atoms with Crippen LogP contribution in [-0.4, -0.2) is 61.5 Å². The summed E-state index contributed by atoms with van der Waals surface area (Å²) in [5.41, 5.74) is 1.02. The Labute approximate surface area is 171 Å². The van der Waals surface area contributed by atoms with Gasteiger partial charge in [-0.1, -0.05) is 6.07 Å².